The third-order valence-electron chi connectivity index (χ3n) is 7.26. The van der Waals surface area contributed by atoms with Gasteiger partial charge in [-0.1, -0.05) is 48.9 Å². The second-order valence-electron chi connectivity index (χ2n) is 9.00. The van der Waals surface area contributed by atoms with Gasteiger partial charge in [0.05, 0.1) is 5.56 Å². The van der Waals surface area contributed by atoms with Crippen LogP contribution in [0.4, 0.5) is 0 Å². The summed E-state index contributed by atoms with van der Waals surface area (Å²) < 4.78 is 0. The molecule has 0 heterocycles. The van der Waals surface area contributed by atoms with Crippen LogP contribution in [0.3, 0.4) is 0 Å². The molecule has 2 N–H and O–H groups in total. The van der Waals surface area contributed by atoms with E-state index >= 15 is 0 Å². The molecule has 4 atom stereocenters. The predicted molar refractivity (Wildman–Crippen MR) is 108 cm³/mol. The van der Waals surface area contributed by atoms with Crippen LogP contribution in [0.5, 0.6) is 11.5 Å². The number of phenolic OH excluding ortho intramolecular Hbond substituents is 2. The zero-order chi connectivity index (χ0) is 19.3. The molecule has 1 aromatic carbocycles. The van der Waals surface area contributed by atoms with E-state index in [2.05, 4.69) is 43.3 Å². The molecule has 2 aliphatic rings. The topological polar surface area (TPSA) is 57.5 Å². The third kappa shape index (κ3) is 3.00. The standard InChI is InChI=1S/C22H29BrO3/c1-13-5-6-19-21(2,3)20(23)7-8-22(19,4)16(13)9-14-10-18(26)15(12-24)11-17(14)25/h10-12,16,19-20,25-26H,1,5-9H2,2-4H3/t16-,19+,20-,22+/m0/s1. The van der Waals surface area contributed by atoms with Gasteiger partial charge in [0.1, 0.15) is 11.5 Å². The summed E-state index contributed by atoms with van der Waals surface area (Å²) >= 11 is 3.91. The number of carbonyl (C=O) groups is 1. The molecule has 0 bridgehead atoms. The molecule has 0 saturated heterocycles. The fourth-order valence-corrected chi connectivity index (χ4v) is 6.18. The molecule has 2 aliphatic carbocycles. The lowest BCUT2D eigenvalue weighted by atomic mass is 9.47. The zero-order valence-electron chi connectivity index (χ0n) is 15.9. The third-order valence-corrected chi connectivity index (χ3v) is 8.90. The Morgan fingerprint density at radius 2 is 1.92 bits per heavy atom. The summed E-state index contributed by atoms with van der Waals surface area (Å²) in [5.41, 5.74) is 2.39. The quantitative estimate of drug-likeness (QED) is 0.288. The summed E-state index contributed by atoms with van der Waals surface area (Å²) in [6, 6.07) is 2.91. The number of aldehydes is 1. The van der Waals surface area contributed by atoms with Gasteiger partial charge in [0.25, 0.3) is 0 Å². The van der Waals surface area contributed by atoms with Gasteiger partial charge in [-0.05, 0) is 72.5 Å². The lowest BCUT2D eigenvalue weighted by Crippen LogP contribution is -2.53. The normalized spacial score (nSPS) is 33.5. The number of aromatic hydroxyl groups is 2. The van der Waals surface area contributed by atoms with Gasteiger partial charge in [0, 0.05) is 4.83 Å². The highest BCUT2D eigenvalue weighted by atomic mass is 79.9. The Hall–Kier alpha value is -1.29. The smallest absolute Gasteiger partial charge is 0.153 e. The molecule has 2 saturated carbocycles. The van der Waals surface area contributed by atoms with Crippen molar-refractivity contribution in [3.05, 3.63) is 35.4 Å². The van der Waals surface area contributed by atoms with E-state index in [9.17, 15) is 15.0 Å². The minimum atomic E-state index is -0.0691. The molecular weight excluding hydrogens is 392 g/mol. The fourth-order valence-electron chi connectivity index (χ4n) is 5.63. The minimum Gasteiger partial charge on any atom is -0.508 e. The molecule has 0 spiro atoms. The van der Waals surface area contributed by atoms with Crippen LogP contribution in [0.25, 0.3) is 0 Å². The monoisotopic (exact) mass is 420 g/mol. The average Bonchev–Trinajstić information content (AvgIpc) is 2.57. The first-order valence-electron chi connectivity index (χ1n) is 9.43. The zero-order valence-corrected chi connectivity index (χ0v) is 17.5. The Morgan fingerprint density at radius 1 is 1.23 bits per heavy atom. The van der Waals surface area contributed by atoms with Crippen LogP contribution in [0.15, 0.2) is 24.3 Å². The van der Waals surface area contributed by atoms with E-state index in [1.165, 1.54) is 11.6 Å². The molecule has 142 valence electrons. The van der Waals surface area contributed by atoms with E-state index in [1.54, 1.807) is 6.07 Å². The van der Waals surface area contributed by atoms with Crippen LogP contribution < -0.4 is 0 Å². The maximum atomic E-state index is 11.0. The van der Waals surface area contributed by atoms with Crippen LogP contribution >= 0.6 is 15.9 Å². The molecule has 3 nitrogen and oxygen atoms in total. The predicted octanol–water partition coefficient (Wildman–Crippen LogP) is 5.63. The maximum Gasteiger partial charge on any atom is 0.153 e. The Morgan fingerprint density at radius 3 is 2.58 bits per heavy atom. The number of halogens is 1. The molecular formula is C22H29BrO3. The summed E-state index contributed by atoms with van der Waals surface area (Å²) in [5.74, 6) is 0.846. The van der Waals surface area contributed by atoms with Crippen molar-refractivity contribution in [3.8, 4) is 11.5 Å². The Balaban J connectivity index is 1.97. The summed E-state index contributed by atoms with van der Waals surface area (Å²) in [6.07, 6.45) is 5.63. The number of fused-ring (bicyclic) bond motifs is 1. The van der Waals surface area contributed by atoms with Crippen molar-refractivity contribution in [2.75, 3.05) is 0 Å². The first-order valence-corrected chi connectivity index (χ1v) is 10.3. The van der Waals surface area contributed by atoms with Gasteiger partial charge in [-0.3, -0.25) is 4.79 Å². The Labute approximate surface area is 164 Å². The summed E-state index contributed by atoms with van der Waals surface area (Å²) in [7, 11) is 0. The van der Waals surface area contributed by atoms with Crippen LogP contribution in [0, 0.1) is 22.7 Å². The molecule has 0 aliphatic heterocycles. The van der Waals surface area contributed by atoms with Crippen LogP contribution in [0.1, 0.15) is 62.4 Å². The number of benzene rings is 1. The molecule has 3 rings (SSSR count). The van der Waals surface area contributed by atoms with Crippen molar-refractivity contribution < 1.29 is 15.0 Å². The Kier molecular flexibility index (Phi) is 5.02. The second-order valence-corrected chi connectivity index (χ2v) is 10.1. The Bertz CT molecular complexity index is 739. The van der Waals surface area contributed by atoms with Crippen molar-refractivity contribution in [1.29, 1.82) is 0 Å². The van der Waals surface area contributed by atoms with Crippen molar-refractivity contribution in [3.63, 3.8) is 0 Å². The molecule has 0 radical (unpaired) electrons. The fraction of sp³-hybridized carbons (Fsp3) is 0.591. The largest absolute Gasteiger partial charge is 0.508 e. The van der Waals surface area contributed by atoms with Gasteiger partial charge < -0.3 is 10.2 Å². The number of alkyl halides is 1. The number of hydrogen-bond acceptors (Lipinski definition) is 3. The van der Waals surface area contributed by atoms with Crippen LogP contribution in [-0.4, -0.2) is 21.3 Å². The number of rotatable bonds is 3. The minimum absolute atomic E-state index is 0.0691. The molecule has 0 unspecified atom stereocenters. The number of phenols is 2. The summed E-state index contributed by atoms with van der Waals surface area (Å²) in [4.78, 5) is 11.5. The molecule has 0 aromatic heterocycles. The maximum absolute atomic E-state index is 11.0. The number of hydrogen-bond donors (Lipinski definition) is 2. The van der Waals surface area contributed by atoms with Gasteiger partial charge in [-0.25, -0.2) is 0 Å². The van der Waals surface area contributed by atoms with Crippen molar-refractivity contribution in [1.82, 2.24) is 0 Å². The molecule has 0 amide bonds. The lowest BCUT2D eigenvalue weighted by Gasteiger charge is -2.59. The number of allylic oxidation sites excluding steroid dienone is 1. The summed E-state index contributed by atoms with van der Waals surface area (Å²) in [6.45, 7) is 11.5. The molecule has 26 heavy (non-hydrogen) atoms. The van der Waals surface area contributed by atoms with Gasteiger partial charge in [-0.15, -0.1) is 0 Å². The highest BCUT2D eigenvalue weighted by Crippen LogP contribution is 2.62. The lowest BCUT2D eigenvalue weighted by molar-refractivity contribution is -0.0461. The SMILES string of the molecule is C=C1CC[C@@H]2C(C)(C)[C@@H](Br)CC[C@]2(C)[C@H]1Cc1cc(O)c(C=O)cc1O. The van der Waals surface area contributed by atoms with Gasteiger partial charge >= 0.3 is 0 Å². The van der Waals surface area contributed by atoms with Crippen molar-refractivity contribution in [2.45, 2.75) is 57.7 Å². The first kappa shape index (κ1) is 19.5. The van der Waals surface area contributed by atoms with Crippen molar-refractivity contribution >= 4 is 22.2 Å². The van der Waals surface area contributed by atoms with E-state index in [1.807, 2.05) is 0 Å². The molecule has 1 aromatic rings. The van der Waals surface area contributed by atoms with E-state index in [4.69, 9.17) is 0 Å². The highest BCUT2D eigenvalue weighted by Gasteiger charge is 2.55. The van der Waals surface area contributed by atoms with Gasteiger partial charge in [0.15, 0.2) is 6.29 Å². The van der Waals surface area contributed by atoms with E-state index in [0.717, 1.165) is 25.7 Å². The van der Waals surface area contributed by atoms with Gasteiger partial charge in [-0.2, -0.15) is 0 Å². The molecule has 2 fully saturated rings. The van der Waals surface area contributed by atoms with Crippen LogP contribution in [0.2, 0.25) is 0 Å². The number of carbonyl (C=O) groups excluding carboxylic acids is 1. The molecule has 4 heteroatoms. The summed E-state index contributed by atoms with van der Waals surface area (Å²) in [5, 5.41) is 20.4. The highest BCUT2D eigenvalue weighted by molar-refractivity contribution is 9.09. The first-order chi connectivity index (χ1) is 12.1. The van der Waals surface area contributed by atoms with E-state index < -0.39 is 0 Å². The second kappa shape index (κ2) is 6.70. The average molecular weight is 421 g/mol. The van der Waals surface area contributed by atoms with Crippen molar-refractivity contribution in [2.24, 2.45) is 22.7 Å². The van der Waals surface area contributed by atoms with Gasteiger partial charge in [0.2, 0.25) is 0 Å². The van der Waals surface area contributed by atoms with E-state index in [-0.39, 0.29) is 33.8 Å². The van der Waals surface area contributed by atoms with E-state index in [0.29, 0.717) is 29.0 Å². The van der Waals surface area contributed by atoms with Crippen LogP contribution in [-0.2, 0) is 6.42 Å².